The smallest absolute Gasteiger partial charge is 0.124 e. The van der Waals surface area contributed by atoms with E-state index in [0.29, 0.717) is 0 Å². The van der Waals surface area contributed by atoms with Crippen molar-refractivity contribution in [2.75, 3.05) is 4.90 Å². The molecule has 0 fully saturated rings. The van der Waals surface area contributed by atoms with Gasteiger partial charge in [-0.05, 0) is 29.8 Å². The lowest BCUT2D eigenvalue weighted by atomic mass is 9.97. The van der Waals surface area contributed by atoms with Crippen LogP contribution in [0.15, 0.2) is 103 Å². The zero-order valence-corrected chi connectivity index (χ0v) is 16.8. The number of hydrogen-bond acceptors (Lipinski definition) is 1. The number of nitrogens with one attached hydrogen (secondary N) is 2. The molecule has 4 aromatic carbocycles. The van der Waals surface area contributed by atoms with E-state index in [1.54, 1.807) is 0 Å². The molecule has 0 amide bonds. The number of hydrogen-bond donors (Lipinski definition) is 2. The Balaban J connectivity index is 1.72. The number of benzene rings is 4. The van der Waals surface area contributed by atoms with Gasteiger partial charge >= 0.3 is 0 Å². The molecule has 0 radical (unpaired) electrons. The highest BCUT2D eigenvalue weighted by atomic mass is 15.2. The molecule has 31 heavy (non-hydrogen) atoms. The first kappa shape index (κ1) is 16.5. The third-order valence-corrected chi connectivity index (χ3v) is 6.29. The predicted octanol–water partition coefficient (Wildman–Crippen LogP) is 7.77. The molecule has 3 heteroatoms. The molecule has 0 saturated carbocycles. The van der Waals surface area contributed by atoms with Crippen LogP contribution in [0.2, 0.25) is 0 Å². The molecule has 3 heterocycles. The molecular weight excluding hydrogens is 378 g/mol. The van der Waals surface area contributed by atoms with Crippen LogP contribution < -0.4 is 4.90 Å². The molecule has 0 unspecified atom stereocenters. The molecule has 2 aromatic heterocycles. The normalized spacial score (nSPS) is 12.5. The molecule has 6 aromatic rings. The summed E-state index contributed by atoms with van der Waals surface area (Å²) in [6.07, 6.45) is 0. The van der Waals surface area contributed by atoms with Crippen LogP contribution in [0.25, 0.3) is 44.2 Å². The number of para-hydroxylation sites is 3. The molecule has 0 saturated heterocycles. The molecule has 7 rings (SSSR count). The maximum Gasteiger partial charge on any atom is 0.124 e. The number of H-pyrrole nitrogens is 2. The highest BCUT2D eigenvalue weighted by Gasteiger charge is 2.31. The number of nitrogens with zero attached hydrogens (tertiary/aromatic N) is 1. The van der Waals surface area contributed by atoms with E-state index in [2.05, 4.69) is 118 Å². The van der Waals surface area contributed by atoms with Gasteiger partial charge in [0.05, 0.1) is 11.4 Å². The maximum atomic E-state index is 3.75. The highest BCUT2D eigenvalue weighted by molar-refractivity contribution is 6.15. The summed E-state index contributed by atoms with van der Waals surface area (Å²) < 4.78 is 0. The summed E-state index contributed by atoms with van der Waals surface area (Å²) in [5.41, 5.74) is 9.44. The summed E-state index contributed by atoms with van der Waals surface area (Å²) in [5.74, 6) is 1.10. The number of rotatable bonds is 1. The van der Waals surface area contributed by atoms with E-state index in [9.17, 15) is 0 Å². The van der Waals surface area contributed by atoms with Gasteiger partial charge in [-0.1, -0.05) is 78.9 Å². The first-order valence-corrected chi connectivity index (χ1v) is 10.6. The summed E-state index contributed by atoms with van der Waals surface area (Å²) in [6.45, 7) is 0. The van der Waals surface area contributed by atoms with Crippen molar-refractivity contribution in [1.29, 1.82) is 0 Å². The molecule has 0 atom stereocenters. The summed E-state index contributed by atoms with van der Waals surface area (Å²) in [4.78, 5) is 9.86. The zero-order chi connectivity index (χ0) is 20.4. The van der Waals surface area contributed by atoms with Gasteiger partial charge in [-0.3, -0.25) is 4.90 Å². The minimum Gasteiger partial charge on any atom is -0.353 e. The Morgan fingerprint density at radius 2 is 1.13 bits per heavy atom. The predicted molar refractivity (Wildman–Crippen MR) is 129 cm³/mol. The van der Waals surface area contributed by atoms with Gasteiger partial charge in [0.1, 0.15) is 5.82 Å². The van der Waals surface area contributed by atoms with Crippen LogP contribution in [0.3, 0.4) is 0 Å². The molecule has 1 aliphatic rings. The lowest BCUT2D eigenvalue weighted by Gasteiger charge is -2.24. The van der Waals surface area contributed by atoms with Crippen molar-refractivity contribution in [1.82, 2.24) is 9.97 Å². The number of anilines is 3. The first-order valence-electron chi connectivity index (χ1n) is 10.6. The van der Waals surface area contributed by atoms with Gasteiger partial charge in [-0.2, -0.15) is 0 Å². The summed E-state index contributed by atoms with van der Waals surface area (Å²) in [5, 5.41) is 2.45. The Labute approximate surface area is 179 Å². The van der Waals surface area contributed by atoms with Crippen molar-refractivity contribution < 1.29 is 0 Å². The zero-order valence-electron chi connectivity index (χ0n) is 16.8. The molecule has 3 nitrogen and oxygen atoms in total. The summed E-state index contributed by atoms with van der Waals surface area (Å²) in [7, 11) is 0. The first-order chi connectivity index (χ1) is 15.4. The maximum absolute atomic E-state index is 3.75. The Morgan fingerprint density at radius 3 is 1.94 bits per heavy atom. The van der Waals surface area contributed by atoms with E-state index in [1.165, 1.54) is 33.2 Å². The quantitative estimate of drug-likeness (QED) is 0.292. The van der Waals surface area contributed by atoms with Crippen LogP contribution in [0.4, 0.5) is 17.2 Å². The van der Waals surface area contributed by atoms with E-state index < -0.39 is 0 Å². The van der Waals surface area contributed by atoms with Gasteiger partial charge in [0, 0.05) is 38.6 Å². The highest BCUT2D eigenvalue weighted by Crippen LogP contribution is 2.54. The van der Waals surface area contributed by atoms with Crippen LogP contribution in [0.5, 0.6) is 0 Å². The van der Waals surface area contributed by atoms with Gasteiger partial charge < -0.3 is 9.97 Å². The Morgan fingerprint density at radius 1 is 0.516 bits per heavy atom. The SMILES string of the molecule is c1ccc(N2c3[nH]c4ccccc4c3-c3ccccc3-c3[nH]c4ccccc4c32)cc1. The van der Waals surface area contributed by atoms with E-state index >= 15 is 0 Å². The third-order valence-electron chi connectivity index (χ3n) is 6.29. The third kappa shape index (κ3) is 2.23. The molecular formula is C28H19N3. The number of fused-ring (bicyclic) bond motifs is 9. The average molecular weight is 397 g/mol. The Kier molecular flexibility index (Phi) is 3.27. The van der Waals surface area contributed by atoms with Crippen LogP contribution in [0.1, 0.15) is 0 Å². The van der Waals surface area contributed by atoms with Crippen molar-refractivity contribution >= 4 is 39.0 Å². The number of aromatic amines is 2. The van der Waals surface area contributed by atoms with E-state index in [-0.39, 0.29) is 0 Å². The van der Waals surface area contributed by atoms with E-state index in [4.69, 9.17) is 0 Å². The Hall–Kier alpha value is -4.24. The van der Waals surface area contributed by atoms with Crippen LogP contribution >= 0.6 is 0 Å². The molecule has 1 aliphatic heterocycles. The molecule has 146 valence electrons. The lowest BCUT2D eigenvalue weighted by molar-refractivity contribution is 1.24. The topological polar surface area (TPSA) is 34.8 Å². The molecule has 0 spiro atoms. The summed E-state index contributed by atoms with van der Waals surface area (Å²) >= 11 is 0. The second kappa shape index (κ2) is 6.13. The van der Waals surface area contributed by atoms with Crippen molar-refractivity contribution in [3.8, 4) is 22.4 Å². The lowest BCUT2D eigenvalue weighted by Crippen LogP contribution is -2.10. The van der Waals surface area contributed by atoms with E-state index in [0.717, 1.165) is 28.2 Å². The van der Waals surface area contributed by atoms with Crippen LogP contribution in [-0.4, -0.2) is 9.97 Å². The van der Waals surface area contributed by atoms with Crippen molar-refractivity contribution in [3.05, 3.63) is 103 Å². The minimum absolute atomic E-state index is 1.10. The van der Waals surface area contributed by atoms with Crippen molar-refractivity contribution in [2.45, 2.75) is 0 Å². The molecule has 0 aliphatic carbocycles. The summed E-state index contributed by atoms with van der Waals surface area (Å²) in [6, 6.07) is 36.5. The fourth-order valence-electron chi connectivity index (χ4n) is 4.99. The van der Waals surface area contributed by atoms with Gasteiger partial charge in [0.25, 0.3) is 0 Å². The Bertz CT molecular complexity index is 1590. The molecule has 2 N–H and O–H groups in total. The van der Waals surface area contributed by atoms with Crippen molar-refractivity contribution in [2.24, 2.45) is 0 Å². The molecule has 0 bridgehead atoms. The monoisotopic (exact) mass is 397 g/mol. The number of aromatic nitrogens is 2. The largest absolute Gasteiger partial charge is 0.353 e. The van der Waals surface area contributed by atoms with E-state index in [1.807, 2.05) is 0 Å². The van der Waals surface area contributed by atoms with Gasteiger partial charge in [0.15, 0.2) is 0 Å². The average Bonchev–Trinajstić information content (AvgIpc) is 3.36. The van der Waals surface area contributed by atoms with Gasteiger partial charge in [-0.15, -0.1) is 0 Å². The standard InChI is InChI=1S/C28H19N3/c1-2-10-18(11-3-1)31-27-22-15-7-9-17-24(22)29-26(27)20-13-5-4-12-19(20)25-21-14-6-8-16-23(21)30-28(25)31/h1-17,29-30H. The second-order valence-electron chi connectivity index (χ2n) is 8.00. The second-order valence-corrected chi connectivity index (χ2v) is 8.00. The van der Waals surface area contributed by atoms with Gasteiger partial charge in [-0.25, -0.2) is 0 Å². The van der Waals surface area contributed by atoms with Gasteiger partial charge in [0.2, 0.25) is 0 Å². The fourth-order valence-corrected chi connectivity index (χ4v) is 4.99. The van der Waals surface area contributed by atoms with Crippen LogP contribution in [0, 0.1) is 0 Å². The van der Waals surface area contributed by atoms with Crippen molar-refractivity contribution in [3.63, 3.8) is 0 Å². The van der Waals surface area contributed by atoms with Crippen LogP contribution in [-0.2, 0) is 0 Å². The fraction of sp³-hybridized carbons (Fsp3) is 0. The minimum atomic E-state index is 1.10.